The highest BCUT2D eigenvalue weighted by atomic mass is 79.9. The predicted octanol–water partition coefficient (Wildman–Crippen LogP) is 2.74. The van der Waals surface area contributed by atoms with Crippen LogP contribution in [0.2, 0.25) is 0 Å². The fraction of sp³-hybridized carbons (Fsp3) is 0.462. The van der Waals surface area contributed by atoms with E-state index in [2.05, 4.69) is 15.9 Å². The van der Waals surface area contributed by atoms with E-state index in [0.29, 0.717) is 6.54 Å². The number of benzene rings is 1. The third-order valence-electron chi connectivity index (χ3n) is 3.33. The molecule has 0 aromatic heterocycles. The van der Waals surface area contributed by atoms with E-state index in [4.69, 9.17) is 5.73 Å². The number of nitrogens with zero attached hydrogens (tertiary/aromatic N) is 1. The van der Waals surface area contributed by atoms with E-state index in [1.54, 1.807) is 0 Å². The van der Waals surface area contributed by atoms with Crippen LogP contribution in [0.15, 0.2) is 22.7 Å². The summed E-state index contributed by atoms with van der Waals surface area (Å²) in [5.74, 6) is 0.114. The molecule has 1 aromatic rings. The summed E-state index contributed by atoms with van der Waals surface area (Å²) in [7, 11) is 0. The molecule has 0 spiro atoms. The van der Waals surface area contributed by atoms with Crippen LogP contribution in [-0.4, -0.2) is 29.9 Å². The normalized spacial score (nSPS) is 18.6. The van der Waals surface area contributed by atoms with Crippen LogP contribution in [-0.2, 0) is 0 Å². The van der Waals surface area contributed by atoms with Gasteiger partial charge in [-0.05, 0) is 43.5 Å². The summed E-state index contributed by atoms with van der Waals surface area (Å²) in [5.41, 5.74) is 7.49. The van der Waals surface area contributed by atoms with Crippen LogP contribution in [0.4, 0.5) is 0 Å². The molecule has 2 N–H and O–H groups in total. The summed E-state index contributed by atoms with van der Waals surface area (Å²) < 4.78 is 1.00. The largest absolute Gasteiger partial charge is 0.334 e. The van der Waals surface area contributed by atoms with Gasteiger partial charge in [0.1, 0.15) is 0 Å². The van der Waals surface area contributed by atoms with E-state index in [-0.39, 0.29) is 24.4 Å². The molecule has 3 nitrogen and oxygen atoms in total. The van der Waals surface area contributed by atoms with E-state index in [1.165, 1.54) is 0 Å². The third-order valence-corrected chi connectivity index (χ3v) is 3.82. The van der Waals surface area contributed by atoms with Gasteiger partial charge in [-0.2, -0.15) is 0 Å². The van der Waals surface area contributed by atoms with Gasteiger partial charge in [0.05, 0.1) is 0 Å². The number of aryl methyl sites for hydroxylation is 1. The molecular weight excluding hydrogens is 316 g/mol. The summed E-state index contributed by atoms with van der Waals surface area (Å²) in [6.45, 7) is 3.35. The van der Waals surface area contributed by atoms with Gasteiger partial charge in [-0.15, -0.1) is 12.4 Å². The zero-order valence-electron chi connectivity index (χ0n) is 10.4. The number of carbonyl (C=O) groups excluding carboxylic acids is 1. The van der Waals surface area contributed by atoms with Crippen LogP contribution in [0, 0.1) is 6.92 Å². The summed E-state index contributed by atoms with van der Waals surface area (Å²) in [5, 5.41) is 0. The highest BCUT2D eigenvalue weighted by Gasteiger charge is 2.28. The molecule has 1 fully saturated rings. The van der Waals surface area contributed by atoms with Crippen molar-refractivity contribution in [2.75, 3.05) is 13.1 Å². The van der Waals surface area contributed by atoms with E-state index in [9.17, 15) is 4.79 Å². The molecule has 1 atom stereocenters. The Kier molecular flexibility index (Phi) is 5.63. The molecule has 1 amide bonds. The smallest absolute Gasteiger partial charge is 0.254 e. The summed E-state index contributed by atoms with van der Waals surface area (Å²) in [4.78, 5) is 14.3. The maximum atomic E-state index is 12.4. The maximum absolute atomic E-state index is 12.4. The van der Waals surface area contributed by atoms with Gasteiger partial charge < -0.3 is 10.6 Å². The Morgan fingerprint density at radius 1 is 1.56 bits per heavy atom. The average Bonchev–Trinajstić information content (AvgIpc) is 2.76. The fourth-order valence-corrected chi connectivity index (χ4v) is 2.85. The molecule has 1 saturated heterocycles. The minimum absolute atomic E-state index is 0. The number of rotatable bonds is 2. The standard InChI is InChI=1S/C13H17BrN2O.ClH/c1-9-7-10(14)4-5-12(9)13(17)16-6-2-3-11(16)8-15;/h4-5,7,11H,2-3,6,8,15H2,1H3;1H. The van der Waals surface area contributed by atoms with Crippen molar-refractivity contribution in [2.24, 2.45) is 5.73 Å². The Balaban J connectivity index is 0.00000162. The zero-order valence-corrected chi connectivity index (χ0v) is 12.8. The van der Waals surface area contributed by atoms with Gasteiger partial charge in [-0.25, -0.2) is 0 Å². The molecule has 1 aromatic carbocycles. The lowest BCUT2D eigenvalue weighted by atomic mass is 10.1. The van der Waals surface area contributed by atoms with Gasteiger partial charge in [0.2, 0.25) is 0 Å². The van der Waals surface area contributed by atoms with E-state index in [1.807, 2.05) is 30.0 Å². The quantitative estimate of drug-likeness (QED) is 0.904. The average molecular weight is 334 g/mol. The van der Waals surface area contributed by atoms with E-state index >= 15 is 0 Å². The first-order chi connectivity index (χ1) is 8.13. The third kappa shape index (κ3) is 3.05. The van der Waals surface area contributed by atoms with Crippen LogP contribution in [0.5, 0.6) is 0 Å². The lowest BCUT2D eigenvalue weighted by Gasteiger charge is -2.24. The molecule has 5 heteroatoms. The van der Waals surface area contributed by atoms with E-state index in [0.717, 1.165) is 35.0 Å². The highest BCUT2D eigenvalue weighted by molar-refractivity contribution is 9.10. The Morgan fingerprint density at radius 2 is 2.28 bits per heavy atom. The minimum atomic E-state index is 0. The fourth-order valence-electron chi connectivity index (χ4n) is 2.37. The van der Waals surface area contributed by atoms with Crippen LogP contribution in [0.3, 0.4) is 0 Å². The van der Waals surface area contributed by atoms with Crippen LogP contribution in [0.1, 0.15) is 28.8 Å². The molecule has 1 aliphatic rings. The van der Waals surface area contributed by atoms with Crippen molar-refractivity contribution in [3.05, 3.63) is 33.8 Å². The number of nitrogens with two attached hydrogens (primary N) is 1. The summed E-state index contributed by atoms with van der Waals surface area (Å²) >= 11 is 3.41. The predicted molar refractivity (Wildman–Crippen MR) is 79.2 cm³/mol. The number of hydrogen-bond donors (Lipinski definition) is 1. The van der Waals surface area contributed by atoms with Crippen molar-refractivity contribution in [1.29, 1.82) is 0 Å². The van der Waals surface area contributed by atoms with Crippen molar-refractivity contribution in [1.82, 2.24) is 4.90 Å². The lowest BCUT2D eigenvalue weighted by molar-refractivity contribution is 0.0740. The minimum Gasteiger partial charge on any atom is -0.334 e. The summed E-state index contributed by atoms with van der Waals surface area (Å²) in [6, 6.07) is 5.98. The Hall–Kier alpha value is -0.580. The topological polar surface area (TPSA) is 46.3 Å². The number of hydrogen-bond acceptors (Lipinski definition) is 2. The van der Waals surface area contributed by atoms with Crippen molar-refractivity contribution in [3.8, 4) is 0 Å². The van der Waals surface area contributed by atoms with Crippen molar-refractivity contribution < 1.29 is 4.79 Å². The molecule has 0 saturated carbocycles. The molecule has 2 rings (SSSR count). The molecule has 0 bridgehead atoms. The van der Waals surface area contributed by atoms with Crippen LogP contribution in [0.25, 0.3) is 0 Å². The first kappa shape index (κ1) is 15.5. The molecule has 0 radical (unpaired) electrons. The number of carbonyl (C=O) groups is 1. The van der Waals surface area contributed by atoms with Crippen molar-refractivity contribution in [2.45, 2.75) is 25.8 Å². The van der Waals surface area contributed by atoms with Gasteiger partial charge in [-0.1, -0.05) is 15.9 Å². The molecule has 100 valence electrons. The highest BCUT2D eigenvalue weighted by Crippen LogP contribution is 2.22. The second-order valence-electron chi connectivity index (χ2n) is 4.49. The molecule has 1 unspecified atom stereocenters. The Bertz CT molecular complexity index is 439. The molecule has 1 aliphatic heterocycles. The number of amides is 1. The number of likely N-dealkylation sites (tertiary alicyclic amines) is 1. The zero-order chi connectivity index (χ0) is 12.4. The number of halogens is 2. The van der Waals surface area contributed by atoms with Gasteiger partial charge in [0.15, 0.2) is 0 Å². The SMILES string of the molecule is Cc1cc(Br)ccc1C(=O)N1CCCC1CN.Cl. The van der Waals surface area contributed by atoms with Crippen molar-refractivity contribution >= 4 is 34.2 Å². The van der Waals surface area contributed by atoms with Gasteiger partial charge in [0, 0.05) is 29.2 Å². The maximum Gasteiger partial charge on any atom is 0.254 e. The Morgan fingerprint density at radius 3 is 2.89 bits per heavy atom. The first-order valence-corrected chi connectivity index (χ1v) is 6.70. The summed E-state index contributed by atoms with van der Waals surface area (Å²) in [6.07, 6.45) is 2.08. The monoisotopic (exact) mass is 332 g/mol. The van der Waals surface area contributed by atoms with Crippen molar-refractivity contribution in [3.63, 3.8) is 0 Å². The van der Waals surface area contributed by atoms with Crippen LogP contribution < -0.4 is 5.73 Å². The van der Waals surface area contributed by atoms with Crippen LogP contribution >= 0.6 is 28.3 Å². The van der Waals surface area contributed by atoms with E-state index < -0.39 is 0 Å². The molecular formula is C13H18BrClN2O. The lowest BCUT2D eigenvalue weighted by Crippen LogP contribution is -2.40. The van der Waals surface area contributed by atoms with Gasteiger partial charge >= 0.3 is 0 Å². The second kappa shape index (κ2) is 6.55. The molecule has 0 aliphatic carbocycles. The molecule has 18 heavy (non-hydrogen) atoms. The second-order valence-corrected chi connectivity index (χ2v) is 5.41. The Labute approximate surface area is 122 Å². The first-order valence-electron chi connectivity index (χ1n) is 5.90. The van der Waals surface area contributed by atoms with Gasteiger partial charge in [0.25, 0.3) is 5.91 Å². The van der Waals surface area contributed by atoms with Gasteiger partial charge in [-0.3, -0.25) is 4.79 Å². The molecule has 1 heterocycles.